The third kappa shape index (κ3) is 3.17. The monoisotopic (exact) mass is 378 g/mol. The van der Waals surface area contributed by atoms with E-state index in [2.05, 4.69) is 4.98 Å². The molecule has 2 aromatic carbocycles. The summed E-state index contributed by atoms with van der Waals surface area (Å²) in [4.78, 5) is 6.28. The first-order valence-corrected chi connectivity index (χ1v) is 9.84. The first-order chi connectivity index (χ1) is 11.4. The Kier molecular flexibility index (Phi) is 4.62. The molecule has 3 aromatic rings. The molecule has 0 atom stereocenters. The number of hydrogen-bond acceptors (Lipinski definition) is 5. The van der Waals surface area contributed by atoms with Crippen molar-refractivity contribution in [2.24, 2.45) is 0 Å². The second-order valence-corrected chi connectivity index (χ2v) is 8.73. The van der Waals surface area contributed by atoms with Crippen molar-refractivity contribution in [2.75, 3.05) is 11.9 Å². The van der Waals surface area contributed by atoms with Gasteiger partial charge in [0.05, 0.1) is 4.90 Å². The SMILES string of the molecule is Cc1ccc(S(=O)(=O)c2nc(N(C)c3ccccc3)sc2Cl)cc1. The van der Waals surface area contributed by atoms with Crippen LogP contribution in [0.3, 0.4) is 0 Å². The minimum atomic E-state index is -3.74. The number of benzene rings is 2. The summed E-state index contributed by atoms with van der Waals surface area (Å²) < 4.78 is 25.7. The zero-order chi connectivity index (χ0) is 17.3. The number of nitrogens with zero attached hydrogens (tertiary/aromatic N) is 2. The van der Waals surface area contributed by atoms with Crippen molar-refractivity contribution in [3.63, 3.8) is 0 Å². The lowest BCUT2D eigenvalue weighted by molar-refractivity contribution is 0.593. The molecule has 24 heavy (non-hydrogen) atoms. The summed E-state index contributed by atoms with van der Waals surface area (Å²) in [7, 11) is -1.91. The van der Waals surface area contributed by atoms with E-state index in [1.54, 1.807) is 24.3 Å². The molecule has 1 aromatic heterocycles. The van der Waals surface area contributed by atoms with Gasteiger partial charge in [-0.1, -0.05) is 58.8 Å². The molecule has 0 bridgehead atoms. The zero-order valence-electron chi connectivity index (χ0n) is 13.1. The van der Waals surface area contributed by atoms with Gasteiger partial charge in [-0.3, -0.25) is 0 Å². The number of sulfone groups is 1. The molecule has 0 saturated heterocycles. The second kappa shape index (κ2) is 6.55. The maximum atomic E-state index is 12.8. The van der Waals surface area contributed by atoms with Crippen molar-refractivity contribution in [1.82, 2.24) is 4.98 Å². The van der Waals surface area contributed by atoms with E-state index < -0.39 is 9.84 Å². The molecule has 0 aliphatic rings. The molecular weight excluding hydrogens is 364 g/mol. The van der Waals surface area contributed by atoms with E-state index in [1.165, 1.54) is 0 Å². The van der Waals surface area contributed by atoms with Gasteiger partial charge in [0.15, 0.2) is 10.2 Å². The van der Waals surface area contributed by atoms with E-state index >= 15 is 0 Å². The van der Waals surface area contributed by atoms with Crippen LogP contribution in [0.25, 0.3) is 0 Å². The number of aryl methyl sites for hydroxylation is 1. The molecule has 0 aliphatic heterocycles. The number of thiazole rings is 1. The maximum Gasteiger partial charge on any atom is 0.226 e. The van der Waals surface area contributed by atoms with Crippen LogP contribution in [0.5, 0.6) is 0 Å². The third-order valence-corrected chi connectivity index (χ3v) is 6.83. The Morgan fingerprint density at radius 2 is 1.67 bits per heavy atom. The van der Waals surface area contributed by atoms with Gasteiger partial charge in [-0.25, -0.2) is 13.4 Å². The zero-order valence-corrected chi connectivity index (χ0v) is 15.5. The Labute approximate surface area is 150 Å². The van der Waals surface area contributed by atoms with Crippen LogP contribution in [0.4, 0.5) is 10.8 Å². The number of halogens is 1. The van der Waals surface area contributed by atoms with Crippen molar-refractivity contribution < 1.29 is 8.42 Å². The highest BCUT2D eigenvalue weighted by Gasteiger charge is 2.26. The average molecular weight is 379 g/mol. The van der Waals surface area contributed by atoms with Crippen LogP contribution in [0, 0.1) is 6.92 Å². The van der Waals surface area contributed by atoms with Gasteiger partial charge in [0.1, 0.15) is 4.34 Å². The topological polar surface area (TPSA) is 50.3 Å². The number of aromatic nitrogens is 1. The van der Waals surface area contributed by atoms with E-state index in [-0.39, 0.29) is 14.3 Å². The predicted molar refractivity (Wildman–Crippen MR) is 98.3 cm³/mol. The molecule has 0 unspecified atom stereocenters. The van der Waals surface area contributed by atoms with E-state index in [0.29, 0.717) is 5.13 Å². The minimum Gasteiger partial charge on any atom is -0.321 e. The van der Waals surface area contributed by atoms with Gasteiger partial charge in [0, 0.05) is 12.7 Å². The van der Waals surface area contributed by atoms with Crippen LogP contribution in [-0.4, -0.2) is 20.4 Å². The summed E-state index contributed by atoms with van der Waals surface area (Å²) in [6, 6.07) is 16.2. The van der Waals surface area contributed by atoms with Gasteiger partial charge in [-0.2, -0.15) is 0 Å². The predicted octanol–water partition coefficient (Wildman–Crippen LogP) is 4.71. The Balaban J connectivity index is 2.01. The van der Waals surface area contributed by atoms with Gasteiger partial charge in [-0.05, 0) is 31.2 Å². The highest BCUT2D eigenvalue weighted by Crippen LogP contribution is 2.37. The van der Waals surface area contributed by atoms with E-state index in [0.717, 1.165) is 22.6 Å². The Morgan fingerprint density at radius 3 is 2.29 bits per heavy atom. The lowest BCUT2D eigenvalue weighted by Gasteiger charge is -2.15. The molecular formula is C17H15ClN2O2S2. The molecule has 0 aliphatic carbocycles. The molecule has 0 fully saturated rings. The van der Waals surface area contributed by atoms with Crippen molar-refractivity contribution in [3.8, 4) is 0 Å². The van der Waals surface area contributed by atoms with Crippen molar-refractivity contribution >= 4 is 43.6 Å². The van der Waals surface area contributed by atoms with Gasteiger partial charge >= 0.3 is 0 Å². The molecule has 0 radical (unpaired) electrons. The fourth-order valence-corrected chi connectivity index (χ4v) is 5.05. The lowest BCUT2D eigenvalue weighted by Crippen LogP contribution is -2.10. The summed E-state index contributed by atoms with van der Waals surface area (Å²) in [5, 5.41) is 0.424. The van der Waals surface area contributed by atoms with Gasteiger partial charge in [-0.15, -0.1) is 0 Å². The molecule has 0 N–H and O–H groups in total. The Bertz CT molecular complexity index is 952. The Morgan fingerprint density at radius 1 is 1.04 bits per heavy atom. The lowest BCUT2D eigenvalue weighted by atomic mass is 10.2. The summed E-state index contributed by atoms with van der Waals surface area (Å²) >= 11 is 7.34. The molecule has 4 nitrogen and oxygen atoms in total. The number of anilines is 2. The van der Waals surface area contributed by atoms with Crippen LogP contribution in [0.1, 0.15) is 5.56 Å². The quantitative estimate of drug-likeness (QED) is 0.659. The normalized spacial score (nSPS) is 11.5. The van der Waals surface area contributed by atoms with Crippen LogP contribution >= 0.6 is 22.9 Å². The highest BCUT2D eigenvalue weighted by atomic mass is 35.5. The van der Waals surface area contributed by atoms with Crippen LogP contribution < -0.4 is 4.90 Å². The molecule has 7 heteroatoms. The van der Waals surface area contributed by atoms with Crippen molar-refractivity contribution in [3.05, 3.63) is 64.5 Å². The molecule has 1 heterocycles. The molecule has 0 amide bonds. The van der Waals surface area contributed by atoms with Crippen LogP contribution in [0.2, 0.25) is 4.34 Å². The molecule has 124 valence electrons. The molecule has 0 saturated carbocycles. The average Bonchev–Trinajstić information content (AvgIpc) is 2.98. The standard InChI is InChI=1S/C17H15ClN2O2S2/c1-12-8-10-14(11-9-12)24(21,22)16-15(18)23-17(19-16)20(2)13-6-4-3-5-7-13/h3-11H,1-2H3. The number of hydrogen-bond donors (Lipinski definition) is 0. The first kappa shape index (κ1) is 17.0. The second-order valence-electron chi connectivity index (χ2n) is 5.29. The number of rotatable bonds is 4. The van der Waals surface area contributed by atoms with Gasteiger partial charge in [0.2, 0.25) is 9.84 Å². The highest BCUT2D eigenvalue weighted by molar-refractivity contribution is 7.91. The van der Waals surface area contributed by atoms with E-state index in [4.69, 9.17) is 11.6 Å². The molecule has 3 rings (SSSR count). The van der Waals surface area contributed by atoms with E-state index in [9.17, 15) is 8.42 Å². The Hall–Kier alpha value is -1.89. The van der Waals surface area contributed by atoms with Gasteiger partial charge < -0.3 is 4.90 Å². The summed E-state index contributed by atoms with van der Waals surface area (Å²) in [6.45, 7) is 1.90. The smallest absolute Gasteiger partial charge is 0.226 e. The summed E-state index contributed by atoms with van der Waals surface area (Å²) in [5.74, 6) is 0. The molecule has 0 spiro atoms. The summed E-state index contributed by atoms with van der Waals surface area (Å²) in [6.07, 6.45) is 0. The van der Waals surface area contributed by atoms with E-state index in [1.807, 2.05) is 49.2 Å². The number of para-hydroxylation sites is 1. The maximum absolute atomic E-state index is 12.8. The van der Waals surface area contributed by atoms with Crippen LogP contribution in [-0.2, 0) is 9.84 Å². The summed E-state index contributed by atoms with van der Waals surface area (Å²) in [5.41, 5.74) is 1.89. The largest absolute Gasteiger partial charge is 0.321 e. The fourth-order valence-electron chi connectivity index (χ4n) is 2.18. The van der Waals surface area contributed by atoms with Crippen molar-refractivity contribution in [1.29, 1.82) is 0 Å². The first-order valence-electron chi connectivity index (χ1n) is 7.16. The van der Waals surface area contributed by atoms with Gasteiger partial charge in [0.25, 0.3) is 0 Å². The minimum absolute atomic E-state index is 0.101. The van der Waals surface area contributed by atoms with Crippen LogP contribution in [0.15, 0.2) is 64.5 Å². The van der Waals surface area contributed by atoms with Crippen molar-refractivity contribution in [2.45, 2.75) is 16.8 Å². The fraction of sp³-hybridized carbons (Fsp3) is 0.118. The third-order valence-electron chi connectivity index (χ3n) is 3.56.